The molecule has 1 aliphatic rings. The molecule has 2 aromatic rings. The number of esters is 1. The molecule has 1 aliphatic heterocycles. The lowest BCUT2D eigenvalue weighted by atomic mass is 10.1. The maximum Gasteiger partial charge on any atom is 0.338 e. The van der Waals surface area contributed by atoms with E-state index in [0.29, 0.717) is 36.9 Å². The molecule has 3 rings (SSSR count). The predicted octanol–water partition coefficient (Wildman–Crippen LogP) is 3.17. The molecule has 0 aliphatic carbocycles. The van der Waals surface area contributed by atoms with Crippen LogP contribution in [0.4, 0.5) is 0 Å². The minimum absolute atomic E-state index is 0.322. The fourth-order valence-corrected chi connectivity index (χ4v) is 2.14. The topological polar surface area (TPSA) is 57.9 Å². The smallest absolute Gasteiger partial charge is 0.338 e. The van der Waals surface area contributed by atoms with Crippen molar-refractivity contribution >= 4 is 5.97 Å². The summed E-state index contributed by atoms with van der Waals surface area (Å²) < 4.78 is 21.5. The van der Waals surface area contributed by atoms with Crippen molar-refractivity contribution in [2.75, 3.05) is 19.8 Å². The molecule has 0 atom stereocenters. The summed E-state index contributed by atoms with van der Waals surface area (Å²) in [5.74, 6) is 1.04. The first-order valence-corrected chi connectivity index (χ1v) is 6.88. The maximum atomic E-state index is 11.6. The summed E-state index contributed by atoms with van der Waals surface area (Å²) in [4.78, 5) is 11.6. The molecule has 0 unspecified atom stereocenters. The maximum absolute atomic E-state index is 11.6. The molecule has 110 valence electrons. The highest BCUT2D eigenvalue weighted by Crippen LogP contribution is 2.29. The number of hydrogen-bond donors (Lipinski definition) is 0. The number of furan rings is 1. The van der Waals surface area contributed by atoms with Crippen LogP contribution in [0.3, 0.4) is 0 Å². The molecule has 2 heterocycles. The molecular formula is C16H16O5. The lowest BCUT2D eigenvalue weighted by molar-refractivity contribution is -0.0585. The number of rotatable bonds is 4. The molecule has 0 spiro atoms. The number of benzene rings is 1. The van der Waals surface area contributed by atoms with E-state index in [-0.39, 0.29) is 5.97 Å². The Kier molecular flexibility index (Phi) is 4.03. The monoisotopic (exact) mass is 288 g/mol. The summed E-state index contributed by atoms with van der Waals surface area (Å²) in [5.41, 5.74) is 1.40. The molecule has 1 saturated heterocycles. The number of hydrogen-bond acceptors (Lipinski definition) is 5. The van der Waals surface area contributed by atoms with Gasteiger partial charge in [0, 0.05) is 5.56 Å². The normalized spacial score (nSPS) is 15.3. The first-order chi connectivity index (χ1) is 10.3. The van der Waals surface area contributed by atoms with Gasteiger partial charge in [0.2, 0.25) is 6.29 Å². The van der Waals surface area contributed by atoms with Crippen molar-refractivity contribution in [2.45, 2.75) is 13.2 Å². The largest absolute Gasteiger partial charge is 0.462 e. The summed E-state index contributed by atoms with van der Waals surface area (Å²) in [7, 11) is 0. The van der Waals surface area contributed by atoms with Crippen LogP contribution in [0.1, 0.15) is 29.3 Å². The quantitative estimate of drug-likeness (QED) is 0.809. The van der Waals surface area contributed by atoms with Gasteiger partial charge in [-0.3, -0.25) is 0 Å². The third-order valence-corrected chi connectivity index (χ3v) is 3.16. The van der Waals surface area contributed by atoms with Gasteiger partial charge in [-0.05, 0) is 31.2 Å². The van der Waals surface area contributed by atoms with Crippen LogP contribution in [-0.2, 0) is 14.2 Å². The van der Waals surface area contributed by atoms with E-state index in [4.69, 9.17) is 18.6 Å². The first-order valence-electron chi connectivity index (χ1n) is 6.88. The molecule has 0 saturated carbocycles. The summed E-state index contributed by atoms with van der Waals surface area (Å²) in [6.45, 7) is 3.30. The van der Waals surface area contributed by atoms with E-state index in [9.17, 15) is 4.79 Å². The van der Waals surface area contributed by atoms with E-state index in [0.717, 1.165) is 5.56 Å². The molecule has 1 aromatic carbocycles. The average molecular weight is 288 g/mol. The van der Waals surface area contributed by atoms with Gasteiger partial charge in [0.05, 0.1) is 25.4 Å². The average Bonchev–Trinajstić information content (AvgIpc) is 3.19. The van der Waals surface area contributed by atoms with Crippen LogP contribution < -0.4 is 0 Å². The van der Waals surface area contributed by atoms with Gasteiger partial charge in [0.1, 0.15) is 5.76 Å². The van der Waals surface area contributed by atoms with Gasteiger partial charge in [-0.25, -0.2) is 4.79 Å². The first kappa shape index (κ1) is 13.9. The zero-order valence-electron chi connectivity index (χ0n) is 11.7. The van der Waals surface area contributed by atoms with E-state index in [1.54, 1.807) is 19.1 Å². The van der Waals surface area contributed by atoms with Crippen LogP contribution in [0.25, 0.3) is 11.3 Å². The minimum Gasteiger partial charge on any atom is -0.462 e. The van der Waals surface area contributed by atoms with Gasteiger partial charge in [-0.15, -0.1) is 0 Å². The summed E-state index contributed by atoms with van der Waals surface area (Å²) in [6, 6.07) is 10.8. The molecule has 0 radical (unpaired) electrons. The lowest BCUT2D eigenvalue weighted by Gasteiger charge is -2.05. The number of ether oxygens (including phenoxy) is 3. The second-order valence-electron chi connectivity index (χ2n) is 4.57. The number of carbonyl (C=O) groups excluding carboxylic acids is 1. The van der Waals surface area contributed by atoms with Gasteiger partial charge in [0.25, 0.3) is 0 Å². The summed E-state index contributed by atoms with van der Waals surface area (Å²) in [5, 5.41) is 0. The van der Waals surface area contributed by atoms with Crippen molar-refractivity contribution in [1.82, 2.24) is 0 Å². The Morgan fingerprint density at radius 1 is 1.14 bits per heavy atom. The lowest BCUT2D eigenvalue weighted by Crippen LogP contribution is -2.03. The Hall–Kier alpha value is -2.11. The number of carbonyl (C=O) groups is 1. The minimum atomic E-state index is -0.419. The molecule has 0 N–H and O–H groups in total. The third kappa shape index (κ3) is 2.99. The fraction of sp³-hybridized carbons (Fsp3) is 0.312. The summed E-state index contributed by atoms with van der Waals surface area (Å²) >= 11 is 0. The van der Waals surface area contributed by atoms with Crippen LogP contribution in [0, 0.1) is 0 Å². The van der Waals surface area contributed by atoms with Gasteiger partial charge in [0.15, 0.2) is 5.76 Å². The fourth-order valence-electron chi connectivity index (χ4n) is 2.14. The summed E-state index contributed by atoms with van der Waals surface area (Å²) in [6.07, 6.45) is -0.419. The van der Waals surface area contributed by atoms with E-state index in [2.05, 4.69) is 0 Å². The zero-order valence-corrected chi connectivity index (χ0v) is 11.7. The SMILES string of the molecule is CCOC(=O)c1ccc(-c2ccc(C3OCCO3)o2)cc1. The van der Waals surface area contributed by atoms with Crippen LogP contribution in [0.5, 0.6) is 0 Å². The van der Waals surface area contributed by atoms with Crippen molar-refractivity contribution in [2.24, 2.45) is 0 Å². The Morgan fingerprint density at radius 2 is 1.86 bits per heavy atom. The molecule has 21 heavy (non-hydrogen) atoms. The highest BCUT2D eigenvalue weighted by molar-refractivity contribution is 5.89. The van der Waals surface area contributed by atoms with Crippen LogP contribution >= 0.6 is 0 Å². The Bertz CT molecular complexity index is 608. The molecular weight excluding hydrogens is 272 g/mol. The van der Waals surface area contributed by atoms with Crippen LogP contribution in [-0.4, -0.2) is 25.8 Å². The predicted molar refractivity (Wildman–Crippen MR) is 74.7 cm³/mol. The van der Waals surface area contributed by atoms with Crippen molar-refractivity contribution in [1.29, 1.82) is 0 Å². The van der Waals surface area contributed by atoms with Gasteiger partial charge >= 0.3 is 5.97 Å². The zero-order chi connectivity index (χ0) is 14.7. The second kappa shape index (κ2) is 6.11. The Morgan fingerprint density at radius 3 is 2.52 bits per heavy atom. The highest BCUT2D eigenvalue weighted by atomic mass is 16.7. The van der Waals surface area contributed by atoms with Crippen molar-refractivity contribution in [3.63, 3.8) is 0 Å². The van der Waals surface area contributed by atoms with E-state index < -0.39 is 6.29 Å². The van der Waals surface area contributed by atoms with E-state index >= 15 is 0 Å². The van der Waals surface area contributed by atoms with Gasteiger partial charge in [-0.2, -0.15) is 0 Å². The Labute approximate surface area is 122 Å². The van der Waals surface area contributed by atoms with Crippen molar-refractivity contribution in [3.8, 4) is 11.3 Å². The molecule has 1 aromatic heterocycles. The van der Waals surface area contributed by atoms with Crippen molar-refractivity contribution in [3.05, 3.63) is 47.7 Å². The standard InChI is InChI=1S/C16H16O5/c1-2-18-15(17)12-5-3-11(4-6-12)13-7-8-14(21-13)16-19-9-10-20-16/h3-8,16H,2,9-10H2,1H3. The van der Waals surface area contributed by atoms with E-state index in [1.165, 1.54) is 0 Å². The highest BCUT2D eigenvalue weighted by Gasteiger charge is 2.22. The van der Waals surface area contributed by atoms with Gasteiger partial charge in [-0.1, -0.05) is 12.1 Å². The third-order valence-electron chi connectivity index (χ3n) is 3.16. The van der Waals surface area contributed by atoms with Crippen LogP contribution in [0.2, 0.25) is 0 Å². The van der Waals surface area contributed by atoms with Crippen LogP contribution in [0.15, 0.2) is 40.8 Å². The molecule has 0 amide bonds. The van der Waals surface area contributed by atoms with Gasteiger partial charge < -0.3 is 18.6 Å². The molecule has 5 nitrogen and oxygen atoms in total. The van der Waals surface area contributed by atoms with E-state index in [1.807, 2.05) is 24.3 Å². The molecule has 1 fully saturated rings. The van der Waals surface area contributed by atoms with Crippen molar-refractivity contribution < 1.29 is 23.4 Å². The molecule has 0 bridgehead atoms. The molecule has 5 heteroatoms. The Balaban J connectivity index is 1.76. The second-order valence-corrected chi connectivity index (χ2v) is 4.57.